The van der Waals surface area contributed by atoms with Crippen LogP contribution in [0.2, 0.25) is 0 Å². The van der Waals surface area contributed by atoms with Crippen LogP contribution in [0, 0.1) is 0 Å². The molecule has 1 aliphatic carbocycles. The maximum absolute atomic E-state index is 6.73. The molecule has 230 valence electrons. The van der Waals surface area contributed by atoms with Crippen LogP contribution in [0.1, 0.15) is 23.3 Å². The van der Waals surface area contributed by atoms with Crippen LogP contribution in [0.5, 0.6) is 0 Å². The van der Waals surface area contributed by atoms with Crippen LogP contribution in [0.3, 0.4) is 0 Å². The van der Waals surface area contributed by atoms with E-state index in [0.717, 1.165) is 73.9 Å². The van der Waals surface area contributed by atoms with Gasteiger partial charge in [-0.25, -0.2) is 9.97 Å². The Bertz CT molecular complexity index is 2760. The number of aromatic nitrogens is 2. The van der Waals surface area contributed by atoms with Crippen LogP contribution < -0.4 is 0 Å². The molecule has 3 aromatic heterocycles. The van der Waals surface area contributed by atoms with E-state index in [2.05, 4.69) is 152 Å². The average Bonchev–Trinajstić information content (AvgIpc) is 3.57. The Kier molecular flexibility index (Phi) is 6.31. The summed E-state index contributed by atoms with van der Waals surface area (Å²) in [5, 5.41) is 5.69. The van der Waals surface area contributed by atoms with E-state index < -0.39 is 0 Å². The van der Waals surface area contributed by atoms with Gasteiger partial charge in [0.2, 0.25) is 0 Å². The molecule has 0 N–H and O–H groups in total. The van der Waals surface area contributed by atoms with Crippen LogP contribution in [0.25, 0.3) is 82.8 Å². The normalized spacial score (nSPS) is 12.9. The van der Waals surface area contributed by atoms with Crippen molar-refractivity contribution in [3.63, 3.8) is 0 Å². The highest BCUT2D eigenvalue weighted by Crippen LogP contribution is 2.44. The summed E-state index contributed by atoms with van der Waals surface area (Å²) >= 11 is 0. The lowest BCUT2D eigenvalue weighted by atomic mass is 9.87. The number of fused-ring (bicyclic) bond motifs is 8. The molecule has 0 fully saturated rings. The summed E-state index contributed by atoms with van der Waals surface area (Å²) < 4.78 is 6.73. The predicted molar refractivity (Wildman–Crippen MR) is 202 cm³/mol. The number of benzene rings is 6. The molecule has 49 heavy (non-hydrogen) atoms. The standard InChI is InChI=1S/C46H30N2O/c1-3-11-29(12-4-1)38-28-39-43-35(19-10-20-42(43)49-46(39)37-18-8-7-17-36(37)38)33-15-9-16-34(27-33)41-26-24-32-22-21-31-23-25-40(30-13-5-2-6-14-30)47-44(31)45(32)48-41/h1-9,11-19,21-28H,10,20H2. The molecule has 3 heterocycles. The first-order chi connectivity index (χ1) is 24.3. The van der Waals surface area contributed by atoms with Crippen LogP contribution in [-0.4, -0.2) is 9.97 Å². The van der Waals surface area contributed by atoms with Crippen molar-refractivity contribution in [2.45, 2.75) is 12.8 Å². The highest BCUT2D eigenvalue weighted by Gasteiger charge is 2.25. The van der Waals surface area contributed by atoms with Gasteiger partial charge >= 0.3 is 0 Å². The molecule has 3 heteroatoms. The molecule has 0 radical (unpaired) electrons. The Morgan fingerprint density at radius 2 is 1.06 bits per heavy atom. The fraction of sp³-hybridized carbons (Fsp3) is 0.0435. The van der Waals surface area contributed by atoms with Crippen molar-refractivity contribution in [1.29, 1.82) is 0 Å². The van der Waals surface area contributed by atoms with E-state index >= 15 is 0 Å². The first-order valence-corrected chi connectivity index (χ1v) is 16.9. The third-order valence-electron chi connectivity index (χ3n) is 9.90. The summed E-state index contributed by atoms with van der Waals surface area (Å²) in [5.41, 5.74) is 12.9. The molecule has 0 amide bonds. The van der Waals surface area contributed by atoms with Gasteiger partial charge in [0, 0.05) is 44.7 Å². The number of pyridine rings is 2. The summed E-state index contributed by atoms with van der Waals surface area (Å²) in [4.78, 5) is 10.4. The number of rotatable bonds is 4. The number of hydrogen-bond acceptors (Lipinski definition) is 3. The van der Waals surface area contributed by atoms with Crippen molar-refractivity contribution >= 4 is 49.1 Å². The van der Waals surface area contributed by atoms with Crippen molar-refractivity contribution < 1.29 is 4.42 Å². The van der Waals surface area contributed by atoms with Crippen LogP contribution in [0.15, 0.2) is 162 Å². The van der Waals surface area contributed by atoms with Gasteiger partial charge in [-0.1, -0.05) is 133 Å². The topological polar surface area (TPSA) is 38.9 Å². The maximum Gasteiger partial charge on any atom is 0.142 e. The van der Waals surface area contributed by atoms with Crippen molar-refractivity contribution in [3.05, 3.63) is 175 Å². The minimum absolute atomic E-state index is 0.888. The molecule has 9 aromatic rings. The van der Waals surface area contributed by atoms with Crippen molar-refractivity contribution in [2.75, 3.05) is 0 Å². The van der Waals surface area contributed by atoms with Gasteiger partial charge in [0.15, 0.2) is 0 Å². The molecule has 0 saturated heterocycles. The number of allylic oxidation sites excluding steroid dienone is 1. The molecule has 0 bridgehead atoms. The van der Waals surface area contributed by atoms with E-state index in [4.69, 9.17) is 14.4 Å². The second kappa shape index (κ2) is 11.1. The summed E-state index contributed by atoms with van der Waals surface area (Å²) in [7, 11) is 0. The maximum atomic E-state index is 6.73. The third-order valence-corrected chi connectivity index (χ3v) is 9.90. The van der Waals surface area contributed by atoms with E-state index in [1.54, 1.807) is 0 Å². The lowest BCUT2D eigenvalue weighted by Gasteiger charge is -2.15. The Hall–Kier alpha value is -6.32. The van der Waals surface area contributed by atoms with Gasteiger partial charge in [0.1, 0.15) is 11.3 Å². The van der Waals surface area contributed by atoms with Gasteiger partial charge in [0.05, 0.1) is 22.4 Å². The number of nitrogens with zero attached hydrogens (tertiary/aromatic N) is 2. The fourth-order valence-electron chi connectivity index (χ4n) is 7.55. The monoisotopic (exact) mass is 626 g/mol. The van der Waals surface area contributed by atoms with E-state index in [1.165, 1.54) is 38.6 Å². The lowest BCUT2D eigenvalue weighted by Crippen LogP contribution is -1.99. The zero-order chi connectivity index (χ0) is 32.3. The largest absolute Gasteiger partial charge is 0.460 e. The average molecular weight is 627 g/mol. The van der Waals surface area contributed by atoms with Crippen molar-refractivity contribution in [3.8, 4) is 33.6 Å². The Morgan fingerprint density at radius 3 is 1.80 bits per heavy atom. The molecule has 3 nitrogen and oxygen atoms in total. The molecular formula is C46H30N2O. The van der Waals surface area contributed by atoms with E-state index in [0.29, 0.717) is 0 Å². The Balaban J connectivity index is 1.11. The van der Waals surface area contributed by atoms with E-state index in [1.807, 2.05) is 6.07 Å². The quantitative estimate of drug-likeness (QED) is 0.182. The van der Waals surface area contributed by atoms with E-state index in [9.17, 15) is 0 Å². The minimum atomic E-state index is 0.888. The SMILES string of the molecule is C1=C(c2cccc(-c3ccc4ccc5ccc(-c6ccccc6)nc5c4n3)c2)c2c(oc3c2cc(-c2ccccc2)c2ccccc23)CC1. The second-order valence-corrected chi connectivity index (χ2v) is 12.8. The van der Waals surface area contributed by atoms with Crippen LogP contribution in [0.4, 0.5) is 0 Å². The third kappa shape index (κ3) is 4.58. The smallest absolute Gasteiger partial charge is 0.142 e. The second-order valence-electron chi connectivity index (χ2n) is 12.8. The summed E-state index contributed by atoms with van der Waals surface area (Å²) in [6.45, 7) is 0. The van der Waals surface area contributed by atoms with Gasteiger partial charge in [-0.05, 0) is 58.3 Å². The van der Waals surface area contributed by atoms with Crippen LogP contribution >= 0.6 is 0 Å². The first kappa shape index (κ1) is 27.8. The molecule has 10 rings (SSSR count). The molecule has 0 spiro atoms. The highest BCUT2D eigenvalue weighted by atomic mass is 16.3. The Labute approximate surface area is 283 Å². The zero-order valence-corrected chi connectivity index (χ0v) is 26.7. The van der Waals surface area contributed by atoms with Crippen molar-refractivity contribution in [1.82, 2.24) is 9.97 Å². The molecule has 0 atom stereocenters. The minimum Gasteiger partial charge on any atom is -0.460 e. The molecule has 0 saturated carbocycles. The van der Waals surface area contributed by atoms with Gasteiger partial charge in [-0.2, -0.15) is 0 Å². The van der Waals surface area contributed by atoms with Crippen LogP contribution in [-0.2, 0) is 6.42 Å². The molecule has 1 aliphatic rings. The first-order valence-electron chi connectivity index (χ1n) is 16.9. The van der Waals surface area contributed by atoms with Gasteiger partial charge < -0.3 is 4.42 Å². The van der Waals surface area contributed by atoms with Crippen molar-refractivity contribution in [2.24, 2.45) is 0 Å². The lowest BCUT2D eigenvalue weighted by molar-refractivity contribution is 0.548. The molecule has 0 unspecified atom stereocenters. The summed E-state index contributed by atoms with van der Waals surface area (Å²) in [6, 6.07) is 53.6. The number of aryl methyl sites for hydroxylation is 1. The molecule has 6 aromatic carbocycles. The summed E-state index contributed by atoms with van der Waals surface area (Å²) in [6.07, 6.45) is 4.20. The molecular weight excluding hydrogens is 597 g/mol. The highest BCUT2D eigenvalue weighted by molar-refractivity contribution is 6.15. The zero-order valence-electron chi connectivity index (χ0n) is 26.7. The predicted octanol–water partition coefficient (Wildman–Crippen LogP) is 12.1. The Morgan fingerprint density at radius 1 is 0.469 bits per heavy atom. The fourth-order valence-corrected chi connectivity index (χ4v) is 7.55. The van der Waals surface area contributed by atoms with Gasteiger partial charge in [-0.3, -0.25) is 0 Å². The summed E-state index contributed by atoms with van der Waals surface area (Å²) in [5.74, 6) is 1.06. The molecule has 0 aliphatic heterocycles. The van der Waals surface area contributed by atoms with Gasteiger partial charge in [-0.15, -0.1) is 0 Å². The number of hydrogen-bond donors (Lipinski definition) is 0. The van der Waals surface area contributed by atoms with Gasteiger partial charge in [0.25, 0.3) is 0 Å². The number of furan rings is 1. The van der Waals surface area contributed by atoms with E-state index in [-0.39, 0.29) is 0 Å².